The van der Waals surface area contributed by atoms with Gasteiger partial charge < -0.3 is 20.2 Å². The van der Waals surface area contributed by atoms with Crippen molar-refractivity contribution in [1.29, 1.82) is 0 Å². The van der Waals surface area contributed by atoms with Gasteiger partial charge in [-0.3, -0.25) is 0 Å². The largest absolute Gasteiger partial charge is 0.390 e. The molecule has 0 amide bonds. The predicted octanol–water partition coefficient (Wildman–Crippen LogP) is 3.60. The highest BCUT2D eigenvalue weighted by Gasteiger charge is 2.00. The van der Waals surface area contributed by atoms with E-state index in [0.717, 1.165) is 21.8 Å². The fraction of sp³-hybridized carbons (Fsp3) is 0.111. The quantitative estimate of drug-likeness (QED) is 0.453. The molecule has 0 radical (unpaired) electrons. The molecule has 0 unspecified atom stereocenters. The second-order valence-electron chi connectivity index (χ2n) is 5.37. The van der Waals surface area contributed by atoms with Crippen molar-refractivity contribution in [2.45, 2.75) is 13.2 Å². The molecule has 124 valence electrons. The van der Waals surface area contributed by atoms with E-state index < -0.39 is 0 Å². The van der Waals surface area contributed by atoms with E-state index in [0.29, 0.717) is 11.4 Å². The third-order valence-corrected chi connectivity index (χ3v) is 3.62. The van der Waals surface area contributed by atoms with E-state index in [9.17, 15) is 8.78 Å². The van der Waals surface area contributed by atoms with Crippen LogP contribution in [0.5, 0.6) is 0 Å². The summed E-state index contributed by atoms with van der Waals surface area (Å²) in [6.07, 6.45) is 0. The molecule has 2 aromatic carbocycles. The van der Waals surface area contributed by atoms with Gasteiger partial charge in [0.05, 0.1) is 13.2 Å². The predicted molar refractivity (Wildman–Crippen MR) is 88.4 cm³/mol. The first kappa shape index (κ1) is 16.2. The Morgan fingerprint density at radius 2 is 1.08 bits per heavy atom. The second-order valence-corrected chi connectivity index (χ2v) is 5.37. The first-order chi connectivity index (χ1) is 11.6. The molecule has 0 bridgehead atoms. The molecule has 4 nitrogen and oxygen atoms in total. The Balaban J connectivity index is 0.000000141. The Hall–Kier alpha value is -2.70. The zero-order valence-electron chi connectivity index (χ0n) is 12.7. The van der Waals surface area contributed by atoms with E-state index >= 15 is 0 Å². The normalized spacial score (nSPS) is 10.8. The molecule has 0 aliphatic heterocycles. The Morgan fingerprint density at radius 3 is 1.46 bits per heavy atom. The molecule has 4 rings (SSSR count). The molecule has 4 aromatic rings. The number of H-pyrrole nitrogens is 2. The van der Waals surface area contributed by atoms with Crippen LogP contribution in [0.3, 0.4) is 0 Å². The zero-order valence-corrected chi connectivity index (χ0v) is 12.7. The van der Waals surface area contributed by atoms with Crippen LogP contribution < -0.4 is 0 Å². The SMILES string of the molecule is OCc1cc2ccc(F)cc2[nH]1.OCc1cc2ccc(F)cc2[nH]1. The molecule has 2 heterocycles. The third kappa shape index (κ3) is 3.45. The molecule has 0 aliphatic rings. The Bertz CT molecular complexity index is 896. The lowest BCUT2D eigenvalue weighted by Crippen LogP contribution is -1.79. The lowest BCUT2D eigenvalue weighted by molar-refractivity contribution is 0.277. The summed E-state index contributed by atoms with van der Waals surface area (Å²) in [5.74, 6) is -0.539. The van der Waals surface area contributed by atoms with Crippen LogP contribution in [-0.2, 0) is 13.2 Å². The molecule has 0 aliphatic carbocycles. The molecular weight excluding hydrogens is 314 g/mol. The summed E-state index contributed by atoms with van der Waals surface area (Å²) in [6, 6.07) is 12.6. The number of aliphatic hydroxyl groups is 2. The maximum absolute atomic E-state index is 12.7. The number of aliphatic hydroxyl groups excluding tert-OH is 2. The number of halogens is 2. The van der Waals surface area contributed by atoms with E-state index in [-0.39, 0.29) is 24.8 Å². The standard InChI is InChI=1S/2C9H8FNO/c2*10-7-2-1-6-3-8(5-12)11-9(6)4-7/h2*1-4,11-12H,5H2. The zero-order chi connectivity index (χ0) is 17.1. The van der Waals surface area contributed by atoms with Gasteiger partial charge in [-0.2, -0.15) is 0 Å². The molecular formula is C18H16F2N2O2. The van der Waals surface area contributed by atoms with Gasteiger partial charge in [0.15, 0.2) is 0 Å². The Morgan fingerprint density at radius 1 is 0.667 bits per heavy atom. The minimum Gasteiger partial charge on any atom is -0.390 e. The van der Waals surface area contributed by atoms with E-state index in [4.69, 9.17) is 10.2 Å². The molecule has 24 heavy (non-hydrogen) atoms. The highest BCUT2D eigenvalue weighted by atomic mass is 19.1. The van der Waals surface area contributed by atoms with Gasteiger partial charge in [0.1, 0.15) is 11.6 Å². The van der Waals surface area contributed by atoms with Crippen molar-refractivity contribution in [3.05, 3.63) is 71.6 Å². The fourth-order valence-corrected chi connectivity index (χ4v) is 2.49. The van der Waals surface area contributed by atoms with Crippen LogP contribution in [0.1, 0.15) is 11.4 Å². The second kappa shape index (κ2) is 6.82. The number of rotatable bonds is 2. The van der Waals surface area contributed by atoms with Gasteiger partial charge >= 0.3 is 0 Å². The number of aromatic amines is 2. The van der Waals surface area contributed by atoms with Gasteiger partial charge in [0, 0.05) is 22.4 Å². The van der Waals surface area contributed by atoms with Crippen LogP contribution in [0.25, 0.3) is 21.8 Å². The Labute approximate surface area is 136 Å². The number of hydrogen-bond donors (Lipinski definition) is 4. The highest BCUT2D eigenvalue weighted by Crippen LogP contribution is 2.17. The summed E-state index contributed by atoms with van der Waals surface area (Å²) in [5.41, 5.74) is 2.85. The van der Waals surface area contributed by atoms with E-state index in [2.05, 4.69) is 9.97 Å². The topological polar surface area (TPSA) is 72.0 Å². The van der Waals surface area contributed by atoms with Crippen LogP contribution in [-0.4, -0.2) is 20.2 Å². The summed E-state index contributed by atoms with van der Waals surface area (Å²) in [4.78, 5) is 5.79. The molecule has 4 N–H and O–H groups in total. The van der Waals surface area contributed by atoms with E-state index in [1.165, 1.54) is 24.3 Å². The number of nitrogens with one attached hydrogen (secondary N) is 2. The average Bonchev–Trinajstić information content (AvgIpc) is 3.17. The maximum Gasteiger partial charge on any atom is 0.125 e. The molecule has 2 aromatic heterocycles. The highest BCUT2D eigenvalue weighted by molar-refractivity contribution is 5.80. The lowest BCUT2D eigenvalue weighted by atomic mass is 10.2. The molecule has 0 atom stereocenters. The van der Waals surface area contributed by atoms with Crippen molar-refractivity contribution in [2.75, 3.05) is 0 Å². The first-order valence-electron chi connectivity index (χ1n) is 7.35. The molecule has 6 heteroatoms. The number of benzene rings is 2. The van der Waals surface area contributed by atoms with Gasteiger partial charge in [-0.05, 0) is 59.3 Å². The van der Waals surface area contributed by atoms with Gasteiger partial charge in [-0.15, -0.1) is 0 Å². The molecule has 0 fully saturated rings. The summed E-state index contributed by atoms with van der Waals surface area (Å²) >= 11 is 0. The minimum absolute atomic E-state index is 0.0453. The maximum atomic E-state index is 12.7. The lowest BCUT2D eigenvalue weighted by Gasteiger charge is -1.88. The van der Waals surface area contributed by atoms with Gasteiger partial charge in [-0.25, -0.2) is 8.78 Å². The van der Waals surface area contributed by atoms with Crippen LogP contribution in [0, 0.1) is 11.6 Å². The fourth-order valence-electron chi connectivity index (χ4n) is 2.49. The van der Waals surface area contributed by atoms with E-state index in [1.807, 2.05) is 0 Å². The van der Waals surface area contributed by atoms with Gasteiger partial charge in [0.2, 0.25) is 0 Å². The summed E-state index contributed by atoms with van der Waals surface area (Å²) in [7, 11) is 0. The summed E-state index contributed by atoms with van der Waals surface area (Å²) < 4.78 is 25.3. The summed E-state index contributed by atoms with van der Waals surface area (Å²) in [6.45, 7) is -0.0907. The third-order valence-electron chi connectivity index (χ3n) is 3.62. The number of fused-ring (bicyclic) bond motifs is 2. The van der Waals surface area contributed by atoms with Crippen LogP contribution in [0.15, 0.2) is 48.5 Å². The molecule has 0 saturated carbocycles. The van der Waals surface area contributed by atoms with Crippen molar-refractivity contribution in [2.24, 2.45) is 0 Å². The molecule has 0 saturated heterocycles. The first-order valence-corrected chi connectivity index (χ1v) is 7.35. The number of aromatic nitrogens is 2. The average molecular weight is 330 g/mol. The monoisotopic (exact) mass is 330 g/mol. The smallest absolute Gasteiger partial charge is 0.125 e. The summed E-state index contributed by atoms with van der Waals surface area (Å²) in [5, 5.41) is 19.4. The van der Waals surface area contributed by atoms with Crippen molar-refractivity contribution in [3.63, 3.8) is 0 Å². The minimum atomic E-state index is -0.270. The van der Waals surface area contributed by atoms with Gasteiger partial charge in [0.25, 0.3) is 0 Å². The Kier molecular flexibility index (Phi) is 4.59. The number of hydrogen-bond acceptors (Lipinski definition) is 2. The van der Waals surface area contributed by atoms with Crippen LogP contribution in [0.2, 0.25) is 0 Å². The van der Waals surface area contributed by atoms with Gasteiger partial charge in [-0.1, -0.05) is 0 Å². The van der Waals surface area contributed by atoms with Crippen molar-refractivity contribution < 1.29 is 19.0 Å². The van der Waals surface area contributed by atoms with E-state index in [1.54, 1.807) is 24.3 Å². The van der Waals surface area contributed by atoms with Crippen LogP contribution >= 0.6 is 0 Å². The molecule has 0 spiro atoms. The van der Waals surface area contributed by atoms with Crippen molar-refractivity contribution >= 4 is 21.8 Å². The van der Waals surface area contributed by atoms with Crippen molar-refractivity contribution in [3.8, 4) is 0 Å². The van der Waals surface area contributed by atoms with Crippen LogP contribution in [0.4, 0.5) is 8.78 Å². The van der Waals surface area contributed by atoms with Crippen molar-refractivity contribution in [1.82, 2.24) is 9.97 Å².